The molecular weight excluding hydrogens is 428 g/mol. The number of carbonyl (C=O) groups excluding carboxylic acids is 3. The third kappa shape index (κ3) is 4.10. The van der Waals surface area contributed by atoms with Crippen LogP contribution in [0.25, 0.3) is 0 Å². The summed E-state index contributed by atoms with van der Waals surface area (Å²) < 4.78 is 0. The second-order valence-corrected chi connectivity index (χ2v) is 9.40. The van der Waals surface area contributed by atoms with Crippen LogP contribution in [0.2, 0.25) is 0 Å². The number of aliphatic hydroxyl groups excluding tert-OH is 2. The van der Waals surface area contributed by atoms with E-state index in [1.165, 1.54) is 20.8 Å². The van der Waals surface area contributed by atoms with Crippen LogP contribution in [0, 0.1) is 24.2 Å². The Morgan fingerprint density at radius 1 is 0.909 bits per heavy atom. The molecule has 180 valence electrons. The Balaban J connectivity index is 2.81. The first kappa shape index (κ1) is 26.0. The minimum Gasteiger partial charge on any atom is -0.511 e. The van der Waals surface area contributed by atoms with E-state index in [0.717, 1.165) is 0 Å². The van der Waals surface area contributed by atoms with E-state index in [9.17, 15) is 39.9 Å². The fraction of sp³-hybridized carbons (Fsp3) is 0.480. The second kappa shape index (κ2) is 8.92. The van der Waals surface area contributed by atoms with Crippen molar-refractivity contribution in [2.45, 2.75) is 61.3 Å². The van der Waals surface area contributed by atoms with E-state index in [-0.39, 0.29) is 22.3 Å². The maximum Gasteiger partial charge on any atom is 0.183 e. The van der Waals surface area contributed by atoms with Crippen LogP contribution in [-0.4, -0.2) is 42.9 Å². The average Bonchev–Trinajstić information content (AvgIpc) is 2.75. The van der Waals surface area contributed by atoms with Crippen molar-refractivity contribution in [2.24, 2.45) is 17.3 Å². The lowest BCUT2D eigenvalue weighted by molar-refractivity contribution is -0.128. The fourth-order valence-corrected chi connectivity index (χ4v) is 3.76. The molecule has 1 aliphatic carbocycles. The summed E-state index contributed by atoms with van der Waals surface area (Å²) in [7, 11) is 0. The quantitative estimate of drug-likeness (QED) is 0.297. The molecule has 0 radical (unpaired) electrons. The number of Topliss-reactive ketones (excluding diaryl/α,β-unsaturated/α-hetero) is 3. The van der Waals surface area contributed by atoms with Crippen LogP contribution in [0.15, 0.2) is 22.7 Å². The number of aliphatic hydroxyl groups is 2. The summed E-state index contributed by atoms with van der Waals surface area (Å²) in [6, 6.07) is 0. The number of benzene rings is 1. The van der Waals surface area contributed by atoms with Crippen LogP contribution < -0.4 is 0 Å². The Hall–Kier alpha value is -3.29. The molecule has 0 saturated heterocycles. The van der Waals surface area contributed by atoms with Gasteiger partial charge in [0.05, 0.1) is 5.41 Å². The maximum atomic E-state index is 13.0. The smallest absolute Gasteiger partial charge is 0.183 e. The fourth-order valence-electron chi connectivity index (χ4n) is 3.76. The molecule has 0 unspecified atom stereocenters. The summed E-state index contributed by atoms with van der Waals surface area (Å²) in [5.74, 6) is -6.09. The van der Waals surface area contributed by atoms with E-state index >= 15 is 0 Å². The highest BCUT2D eigenvalue weighted by molar-refractivity contribution is 6.24. The maximum absolute atomic E-state index is 13.0. The summed E-state index contributed by atoms with van der Waals surface area (Å²) in [6.45, 7) is 10.7. The van der Waals surface area contributed by atoms with E-state index in [2.05, 4.69) is 0 Å². The van der Waals surface area contributed by atoms with Crippen molar-refractivity contribution in [3.63, 3.8) is 0 Å². The van der Waals surface area contributed by atoms with Crippen molar-refractivity contribution in [3.8, 4) is 17.2 Å². The number of hydrogen-bond donors (Lipinski definition) is 5. The highest BCUT2D eigenvalue weighted by atomic mass is 16.3. The number of ketones is 3. The predicted molar refractivity (Wildman–Crippen MR) is 122 cm³/mol. The number of phenolic OH excluding ortho intramolecular Hbond substituents is 3. The van der Waals surface area contributed by atoms with Gasteiger partial charge in [0.25, 0.3) is 0 Å². The number of phenols is 3. The molecule has 1 atom stereocenters. The molecule has 2 rings (SSSR count). The number of allylic oxidation sites excluding steroid dienone is 3. The summed E-state index contributed by atoms with van der Waals surface area (Å²) in [6.07, 6.45) is -0.0728. The van der Waals surface area contributed by atoms with Gasteiger partial charge in [0.15, 0.2) is 17.3 Å². The Morgan fingerprint density at radius 2 is 1.45 bits per heavy atom. The first-order valence-corrected chi connectivity index (χ1v) is 10.9. The minimum absolute atomic E-state index is 0.0718. The average molecular weight is 461 g/mol. The lowest BCUT2D eigenvalue weighted by atomic mass is 9.72. The monoisotopic (exact) mass is 460 g/mol. The van der Waals surface area contributed by atoms with Crippen LogP contribution in [0.1, 0.15) is 69.4 Å². The first-order chi connectivity index (χ1) is 15.1. The van der Waals surface area contributed by atoms with Gasteiger partial charge in [-0.1, -0.05) is 27.7 Å². The SMILES string of the molecule is CC[C@H](C)C(=O)C1=C(O)C(Cc2c(O)c(C)c(O)c(C(=O)C(C)C)c2O)=C(O)C(C)(C)C1=O. The van der Waals surface area contributed by atoms with Crippen molar-refractivity contribution in [3.05, 3.63) is 39.4 Å². The van der Waals surface area contributed by atoms with Crippen molar-refractivity contribution < 1.29 is 39.9 Å². The highest BCUT2D eigenvalue weighted by Crippen LogP contribution is 2.46. The zero-order chi connectivity index (χ0) is 25.6. The molecule has 8 nitrogen and oxygen atoms in total. The third-order valence-corrected chi connectivity index (χ3v) is 6.38. The molecule has 0 spiro atoms. The molecule has 0 heterocycles. The molecule has 0 saturated carbocycles. The van der Waals surface area contributed by atoms with Gasteiger partial charge >= 0.3 is 0 Å². The molecule has 8 heteroatoms. The number of aromatic hydroxyl groups is 3. The predicted octanol–water partition coefficient (Wildman–Crippen LogP) is 4.34. The van der Waals surface area contributed by atoms with E-state index in [4.69, 9.17) is 0 Å². The zero-order valence-corrected chi connectivity index (χ0v) is 20.0. The minimum atomic E-state index is -1.55. The van der Waals surface area contributed by atoms with Crippen molar-refractivity contribution in [1.82, 2.24) is 0 Å². The normalized spacial score (nSPS) is 17.0. The van der Waals surface area contributed by atoms with E-state index in [0.29, 0.717) is 6.42 Å². The highest BCUT2D eigenvalue weighted by Gasteiger charge is 2.46. The lowest BCUT2D eigenvalue weighted by Crippen LogP contribution is -2.38. The molecule has 5 N–H and O–H groups in total. The number of carbonyl (C=O) groups is 3. The van der Waals surface area contributed by atoms with Gasteiger partial charge in [0, 0.05) is 35.0 Å². The van der Waals surface area contributed by atoms with Crippen LogP contribution >= 0.6 is 0 Å². The molecule has 0 fully saturated rings. The Bertz CT molecular complexity index is 1100. The molecule has 33 heavy (non-hydrogen) atoms. The number of rotatable bonds is 7. The molecule has 0 bridgehead atoms. The largest absolute Gasteiger partial charge is 0.511 e. The van der Waals surface area contributed by atoms with Gasteiger partial charge in [-0.25, -0.2) is 0 Å². The zero-order valence-electron chi connectivity index (χ0n) is 20.0. The Labute approximate surface area is 192 Å². The summed E-state index contributed by atoms with van der Waals surface area (Å²) in [5.41, 5.74) is -2.92. The van der Waals surface area contributed by atoms with E-state index < -0.39 is 75.4 Å². The third-order valence-electron chi connectivity index (χ3n) is 6.38. The van der Waals surface area contributed by atoms with Gasteiger partial charge in [0.2, 0.25) is 0 Å². The van der Waals surface area contributed by atoms with Crippen LogP contribution in [-0.2, 0) is 16.0 Å². The van der Waals surface area contributed by atoms with E-state index in [1.807, 2.05) is 0 Å². The Kier molecular flexibility index (Phi) is 7.02. The van der Waals surface area contributed by atoms with Crippen LogP contribution in [0.5, 0.6) is 17.2 Å². The van der Waals surface area contributed by atoms with Gasteiger partial charge in [-0.15, -0.1) is 0 Å². The van der Waals surface area contributed by atoms with Gasteiger partial charge < -0.3 is 25.5 Å². The summed E-state index contributed by atoms with van der Waals surface area (Å²) >= 11 is 0. The van der Waals surface area contributed by atoms with Crippen LogP contribution in [0.4, 0.5) is 0 Å². The molecule has 1 aromatic carbocycles. The molecule has 0 aromatic heterocycles. The van der Waals surface area contributed by atoms with Gasteiger partial charge in [-0.2, -0.15) is 0 Å². The molecule has 0 amide bonds. The van der Waals surface area contributed by atoms with Crippen molar-refractivity contribution >= 4 is 17.3 Å². The van der Waals surface area contributed by atoms with Crippen molar-refractivity contribution in [1.29, 1.82) is 0 Å². The van der Waals surface area contributed by atoms with Crippen molar-refractivity contribution in [2.75, 3.05) is 0 Å². The molecule has 1 aromatic rings. The molecular formula is C25H32O8. The lowest BCUT2D eigenvalue weighted by Gasteiger charge is -2.32. The van der Waals surface area contributed by atoms with Gasteiger partial charge in [-0.05, 0) is 27.2 Å². The molecule has 0 aliphatic heterocycles. The molecule has 1 aliphatic rings. The summed E-state index contributed by atoms with van der Waals surface area (Å²) in [4.78, 5) is 38.5. The topological polar surface area (TPSA) is 152 Å². The first-order valence-electron chi connectivity index (χ1n) is 10.9. The Morgan fingerprint density at radius 3 is 1.94 bits per heavy atom. The summed E-state index contributed by atoms with van der Waals surface area (Å²) in [5, 5.41) is 53.5. The van der Waals surface area contributed by atoms with Crippen LogP contribution in [0.3, 0.4) is 0 Å². The van der Waals surface area contributed by atoms with Gasteiger partial charge in [0.1, 0.15) is 39.9 Å². The standard InChI is InChI=1S/C25H32O8/c1-8-11(4)18(27)16-22(31)14(23(32)25(6,7)24(16)33)9-13-19(28)12(5)20(29)15(21(13)30)17(26)10(2)3/h10-11,28-32H,8-9H2,1-7H3/t11-/m0/s1. The number of hydrogen-bond acceptors (Lipinski definition) is 8. The van der Waals surface area contributed by atoms with Gasteiger partial charge in [-0.3, -0.25) is 14.4 Å². The van der Waals surface area contributed by atoms with E-state index in [1.54, 1.807) is 27.7 Å². The second-order valence-electron chi connectivity index (χ2n) is 9.40.